The van der Waals surface area contributed by atoms with Crippen LogP contribution in [0.2, 0.25) is 0 Å². The maximum absolute atomic E-state index is 11.4. The molecule has 1 aliphatic heterocycles. The fourth-order valence-corrected chi connectivity index (χ4v) is 4.23. The number of nitrogens with one attached hydrogen (secondary N) is 1. The Balaban J connectivity index is 1.53. The lowest BCUT2D eigenvalue weighted by Crippen LogP contribution is -2.34. The number of carbonyl (C=O) groups is 1. The van der Waals surface area contributed by atoms with Crippen LogP contribution in [-0.4, -0.2) is 41.0 Å². The van der Waals surface area contributed by atoms with Crippen LogP contribution in [0.25, 0.3) is 11.3 Å². The second-order valence-corrected chi connectivity index (χ2v) is 7.97. The van der Waals surface area contributed by atoms with Gasteiger partial charge >= 0.3 is 0 Å². The van der Waals surface area contributed by atoms with Gasteiger partial charge < -0.3 is 10.1 Å². The minimum Gasteiger partial charge on any atom is -0.497 e. The van der Waals surface area contributed by atoms with Gasteiger partial charge in [-0.15, -0.1) is 0 Å². The van der Waals surface area contributed by atoms with Gasteiger partial charge in [0.2, 0.25) is 5.91 Å². The third-order valence-corrected chi connectivity index (χ3v) is 5.64. The van der Waals surface area contributed by atoms with Crippen LogP contribution < -0.4 is 10.1 Å². The van der Waals surface area contributed by atoms with E-state index in [1.165, 1.54) is 12.5 Å². The first-order valence-electron chi connectivity index (χ1n) is 10.7. The van der Waals surface area contributed by atoms with Crippen molar-refractivity contribution in [2.24, 2.45) is 0 Å². The second-order valence-electron chi connectivity index (χ2n) is 7.97. The highest BCUT2D eigenvalue weighted by Gasteiger charge is 2.25. The Bertz CT molecular complexity index is 1040. The Morgan fingerprint density at radius 3 is 2.74 bits per heavy atom. The lowest BCUT2D eigenvalue weighted by Gasteiger charge is -2.33. The van der Waals surface area contributed by atoms with E-state index < -0.39 is 0 Å². The summed E-state index contributed by atoms with van der Waals surface area (Å²) in [5, 5.41) is 2.85. The Hall–Kier alpha value is -3.25. The summed E-state index contributed by atoms with van der Waals surface area (Å²) >= 11 is 0. The number of amides is 1. The maximum Gasteiger partial charge on any atom is 0.221 e. The number of hydrogen-bond acceptors (Lipinski definition) is 5. The SMILES string of the molecule is COc1ccc(CN2CCCC(c3nccnc3-c3cccc(NC(C)=O)c3)C2)cc1. The standard InChI is InChI=1S/C25H28N4O2/c1-18(30)28-22-7-3-5-20(15-22)24-25(27-13-12-26-24)21-6-4-14-29(17-21)16-19-8-10-23(31-2)11-9-19/h3,5,7-13,15,21H,4,6,14,16-17H2,1-2H3,(H,28,30). The van der Waals surface area contributed by atoms with Gasteiger partial charge in [0.05, 0.1) is 18.5 Å². The molecule has 160 valence electrons. The molecule has 2 aromatic carbocycles. The Morgan fingerprint density at radius 2 is 1.97 bits per heavy atom. The first kappa shape index (κ1) is 21.0. The quantitative estimate of drug-likeness (QED) is 0.641. The summed E-state index contributed by atoms with van der Waals surface area (Å²) in [4.78, 5) is 23.3. The smallest absolute Gasteiger partial charge is 0.221 e. The molecule has 1 saturated heterocycles. The summed E-state index contributed by atoms with van der Waals surface area (Å²) in [7, 11) is 1.69. The molecule has 1 amide bonds. The number of benzene rings is 2. The monoisotopic (exact) mass is 416 g/mol. The molecule has 0 radical (unpaired) electrons. The molecule has 6 nitrogen and oxygen atoms in total. The zero-order chi connectivity index (χ0) is 21.6. The van der Waals surface area contributed by atoms with Crippen LogP contribution in [0.5, 0.6) is 5.75 Å². The molecule has 4 rings (SSSR count). The summed E-state index contributed by atoms with van der Waals surface area (Å²) in [6, 6.07) is 16.1. The lowest BCUT2D eigenvalue weighted by molar-refractivity contribution is -0.114. The van der Waals surface area contributed by atoms with Crippen molar-refractivity contribution in [3.05, 3.63) is 72.2 Å². The molecule has 1 fully saturated rings. The summed E-state index contributed by atoms with van der Waals surface area (Å²) in [5.74, 6) is 1.11. The number of likely N-dealkylation sites (tertiary alicyclic amines) is 1. The third-order valence-electron chi connectivity index (χ3n) is 5.64. The molecule has 0 saturated carbocycles. The van der Waals surface area contributed by atoms with E-state index in [1.807, 2.05) is 36.4 Å². The fourth-order valence-electron chi connectivity index (χ4n) is 4.23. The third kappa shape index (κ3) is 5.27. The van der Waals surface area contributed by atoms with Gasteiger partial charge in [-0.05, 0) is 49.2 Å². The van der Waals surface area contributed by atoms with Crippen LogP contribution in [0.4, 0.5) is 5.69 Å². The molecule has 0 aliphatic carbocycles. The van der Waals surface area contributed by atoms with Gasteiger partial charge in [0.1, 0.15) is 5.75 Å². The Labute approximate surface area is 183 Å². The van der Waals surface area contributed by atoms with Crippen LogP contribution in [-0.2, 0) is 11.3 Å². The number of carbonyl (C=O) groups excluding carboxylic acids is 1. The highest BCUT2D eigenvalue weighted by atomic mass is 16.5. The van der Waals surface area contributed by atoms with E-state index in [1.54, 1.807) is 19.5 Å². The summed E-state index contributed by atoms with van der Waals surface area (Å²) in [6.45, 7) is 4.45. The average molecular weight is 417 g/mol. The van der Waals surface area contributed by atoms with E-state index in [0.717, 1.165) is 60.9 Å². The van der Waals surface area contributed by atoms with Crippen molar-refractivity contribution in [1.29, 1.82) is 0 Å². The number of aromatic nitrogens is 2. The summed E-state index contributed by atoms with van der Waals surface area (Å²) < 4.78 is 5.27. The summed E-state index contributed by atoms with van der Waals surface area (Å²) in [6.07, 6.45) is 5.74. The average Bonchev–Trinajstić information content (AvgIpc) is 2.79. The molecule has 0 bridgehead atoms. The lowest BCUT2D eigenvalue weighted by atomic mass is 9.91. The zero-order valence-corrected chi connectivity index (χ0v) is 18.0. The van der Waals surface area contributed by atoms with Crippen LogP contribution >= 0.6 is 0 Å². The van der Waals surface area contributed by atoms with Crippen LogP contribution in [0.15, 0.2) is 60.9 Å². The van der Waals surface area contributed by atoms with Gasteiger partial charge in [-0.3, -0.25) is 19.7 Å². The topological polar surface area (TPSA) is 67.3 Å². The van der Waals surface area contributed by atoms with Gasteiger partial charge in [0, 0.05) is 49.6 Å². The molecule has 1 aromatic heterocycles. The van der Waals surface area contributed by atoms with Gasteiger partial charge in [-0.1, -0.05) is 24.3 Å². The largest absolute Gasteiger partial charge is 0.497 e. The van der Waals surface area contributed by atoms with Crippen molar-refractivity contribution in [3.8, 4) is 17.0 Å². The Morgan fingerprint density at radius 1 is 1.16 bits per heavy atom. The van der Waals surface area contributed by atoms with Gasteiger partial charge in [0.15, 0.2) is 0 Å². The van der Waals surface area contributed by atoms with E-state index in [-0.39, 0.29) is 5.91 Å². The second kappa shape index (κ2) is 9.71. The number of rotatable bonds is 6. The highest BCUT2D eigenvalue weighted by Crippen LogP contribution is 2.33. The molecule has 1 atom stereocenters. The zero-order valence-electron chi connectivity index (χ0n) is 18.0. The maximum atomic E-state index is 11.4. The molecule has 1 unspecified atom stereocenters. The number of nitrogens with zero attached hydrogens (tertiary/aromatic N) is 3. The molecular formula is C25H28N4O2. The molecule has 2 heterocycles. The van der Waals surface area contributed by atoms with Crippen molar-refractivity contribution in [2.45, 2.75) is 32.2 Å². The van der Waals surface area contributed by atoms with Gasteiger partial charge in [-0.25, -0.2) is 0 Å². The first-order valence-corrected chi connectivity index (χ1v) is 10.7. The predicted molar refractivity (Wildman–Crippen MR) is 122 cm³/mol. The number of methoxy groups -OCH3 is 1. The van der Waals surface area contributed by atoms with Crippen molar-refractivity contribution >= 4 is 11.6 Å². The highest BCUT2D eigenvalue weighted by molar-refractivity contribution is 5.89. The van der Waals surface area contributed by atoms with Crippen molar-refractivity contribution < 1.29 is 9.53 Å². The molecule has 1 N–H and O–H groups in total. The van der Waals surface area contributed by atoms with Crippen molar-refractivity contribution in [1.82, 2.24) is 14.9 Å². The number of anilines is 1. The molecule has 1 aliphatic rings. The van der Waals surface area contributed by atoms with E-state index in [0.29, 0.717) is 5.92 Å². The van der Waals surface area contributed by atoms with Crippen LogP contribution in [0, 0.1) is 0 Å². The number of ether oxygens (including phenoxy) is 1. The van der Waals surface area contributed by atoms with E-state index in [9.17, 15) is 4.79 Å². The van der Waals surface area contributed by atoms with E-state index in [4.69, 9.17) is 9.72 Å². The molecule has 6 heteroatoms. The molecule has 3 aromatic rings. The number of hydrogen-bond donors (Lipinski definition) is 1. The predicted octanol–water partition coefficient (Wildman–Crippen LogP) is 4.49. The first-order chi connectivity index (χ1) is 15.1. The van der Waals surface area contributed by atoms with E-state index >= 15 is 0 Å². The molecule has 31 heavy (non-hydrogen) atoms. The van der Waals surface area contributed by atoms with Crippen molar-refractivity contribution in [2.75, 3.05) is 25.5 Å². The number of piperidine rings is 1. The van der Waals surface area contributed by atoms with E-state index in [2.05, 4.69) is 27.3 Å². The molecule has 0 spiro atoms. The van der Waals surface area contributed by atoms with Gasteiger partial charge in [-0.2, -0.15) is 0 Å². The van der Waals surface area contributed by atoms with Gasteiger partial charge in [0.25, 0.3) is 0 Å². The summed E-state index contributed by atoms with van der Waals surface area (Å²) in [5.41, 5.74) is 4.95. The van der Waals surface area contributed by atoms with Crippen molar-refractivity contribution in [3.63, 3.8) is 0 Å². The van der Waals surface area contributed by atoms with Crippen LogP contribution in [0.1, 0.15) is 36.9 Å². The minimum absolute atomic E-state index is 0.0852. The Kier molecular flexibility index (Phi) is 6.57. The minimum atomic E-state index is -0.0852. The molecular weight excluding hydrogens is 388 g/mol. The fraction of sp³-hybridized carbons (Fsp3) is 0.320. The normalized spacial score (nSPS) is 16.6. The van der Waals surface area contributed by atoms with Crippen LogP contribution in [0.3, 0.4) is 0 Å².